The predicted octanol–water partition coefficient (Wildman–Crippen LogP) is 1.80. The van der Waals surface area contributed by atoms with E-state index >= 15 is 0 Å². The Morgan fingerprint density at radius 2 is 2.18 bits per heavy atom. The summed E-state index contributed by atoms with van der Waals surface area (Å²) in [4.78, 5) is 0. The lowest BCUT2D eigenvalue weighted by Crippen LogP contribution is -2.50. The van der Waals surface area contributed by atoms with Gasteiger partial charge in [0.25, 0.3) is 0 Å². The van der Waals surface area contributed by atoms with Gasteiger partial charge in [-0.15, -0.1) is 6.58 Å². The maximum Gasteiger partial charge on any atom is 0.122 e. The van der Waals surface area contributed by atoms with Crippen LogP contribution < -0.4 is 4.74 Å². The summed E-state index contributed by atoms with van der Waals surface area (Å²) in [6.07, 6.45) is 2.65. The molecule has 0 bridgehead atoms. The fourth-order valence-corrected chi connectivity index (χ4v) is 1.81. The number of aliphatic hydroxyl groups is 1. The van der Waals surface area contributed by atoms with Crippen molar-refractivity contribution in [3.05, 3.63) is 42.5 Å². The van der Waals surface area contributed by atoms with E-state index in [1.54, 1.807) is 0 Å². The molecule has 1 heterocycles. The third-order valence-corrected chi connectivity index (χ3v) is 3.02. The molecule has 0 saturated carbocycles. The van der Waals surface area contributed by atoms with Gasteiger partial charge in [0, 0.05) is 0 Å². The van der Waals surface area contributed by atoms with Gasteiger partial charge in [0.1, 0.15) is 12.4 Å². The van der Waals surface area contributed by atoms with Crippen LogP contribution in [0.5, 0.6) is 5.75 Å². The van der Waals surface area contributed by atoms with Crippen molar-refractivity contribution in [1.82, 2.24) is 0 Å². The Kier molecular flexibility index (Phi) is 3.82. The van der Waals surface area contributed by atoms with Crippen molar-refractivity contribution >= 4 is 0 Å². The van der Waals surface area contributed by atoms with Gasteiger partial charge in [-0.2, -0.15) is 0 Å². The molecular weight excluding hydrogens is 216 g/mol. The smallest absolute Gasteiger partial charge is 0.122 e. The fraction of sp³-hybridized carbons (Fsp3) is 0.429. The number of rotatable bonds is 6. The maximum absolute atomic E-state index is 9.31. The Balaban J connectivity index is 2.00. The van der Waals surface area contributed by atoms with Crippen LogP contribution >= 0.6 is 0 Å². The number of para-hydroxylation sites is 1. The van der Waals surface area contributed by atoms with E-state index in [9.17, 15) is 5.11 Å². The molecule has 92 valence electrons. The zero-order valence-electron chi connectivity index (χ0n) is 9.89. The zero-order chi connectivity index (χ0) is 12.1. The summed E-state index contributed by atoms with van der Waals surface area (Å²) in [5.74, 6) is 0.868. The Morgan fingerprint density at radius 3 is 2.76 bits per heavy atom. The number of benzene rings is 1. The minimum absolute atomic E-state index is 0.108. The van der Waals surface area contributed by atoms with Crippen LogP contribution in [-0.4, -0.2) is 31.5 Å². The highest BCUT2D eigenvalue weighted by Crippen LogP contribution is 2.29. The molecule has 0 unspecified atom stereocenters. The Bertz CT molecular complexity index is 377. The van der Waals surface area contributed by atoms with Gasteiger partial charge in [-0.1, -0.05) is 24.3 Å². The third-order valence-electron chi connectivity index (χ3n) is 3.02. The van der Waals surface area contributed by atoms with E-state index in [0.717, 1.165) is 17.7 Å². The Morgan fingerprint density at radius 1 is 1.41 bits per heavy atom. The highest BCUT2D eigenvalue weighted by atomic mass is 16.5. The van der Waals surface area contributed by atoms with Gasteiger partial charge in [0.2, 0.25) is 0 Å². The molecule has 3 nitrogen and oxygen atoms in total. The Labute approximate surface area is 102 Å². The Hall–Kier alpha value is -1.32. The van der Waals surface area contributed by atoms with Crippen LogP contribution in [0.4, 0.5) is 0 Å². The molecular formula is C14H18O3. The highest BCUT2D eigenvalue weighted by molar-refractivity contribution is 5.34. The van der Waals surface area contributed by atoms with E-state index in [-0.39, 0.29) is 12.0 Å². The van der Waals surface area contributed by atoms with Crippen molar-refractivity contribution in [2.24, 2.45) is 5.41 Å². The van der Waals surface area contributed by atoms with Gasteiger partial charge >= 0.3 is 0 Å². The average Bonchev–Trinajstić information content (AvgIpc) is 2.31. The van der Waals surface area contributed by atoms with E-state index in [1.165, 1.54) is 0 Å². The summed E-state index contributed by atoms with van der Waals surface area (Å²) in [5, 5.41) is 9.31. The molecule has 1 fully saturated rings. The molecule has 3 heteroatoms. The number of allylic oxidation sites excluding steroid dienone is 1. The minimum atomic E-state index is -0.207. The van der Waals surface area contributed by atoms with Crippen LogP contribution in [0.25, 0.3) is 0 Å². The standard InChI is InChI=1S/C14H18O3/c1-2-5-12-6-3-4-7-13(12)17-11-14(8-15)9-16-10-14/h2-4,6-7,15H,1,5,8-11H2. The molecule has 1 aromatic carbocycles. The molecule has 0 amide bonds. The van der Waals surface area contributed by atoms with Crippen molar-refractivity contribution < 1.29 is 14.6 Å². The molecule has 0 aromatic heterocycles. The number of ether oxygens (including phenoxy) is 2. The third kappa shape index (κ3) is 2.68. The molecule has 17 heavy (non-hydrogen) atoms. The first-order valence-corrected chi connectivity index (χ1v) is 5.80. The maximum atomic E-state index is 9.31. The average molecular weight is 234 g/mol. The van der Waals surface area contributed by atoms with Crippen LogP contribution in [0.2, 0.25) is 0 Å². The van der Waals surface area contributed by atoms with E-state index in [4.69, 9.17) is 9.47 Å². The predicted molar refractivity (Wildman–Crippen MR) is 66.2 cm³/mol. The van der Waals surface area contributed by atoms with Crippen molar-refractivity contribution in [2.45, 2.75) is 6.42 Å². The quantitative estimate of drug-likeness (QED) is 0.763. The lowest BCUT2D eigenvalue weighted by molar-refractivity contribution is -0.153. The van der Waals surface area contributed by atoms with E-state index in [0.29, 0.717) is 19.8 Å². The molecule has 0 aliphatic carbocycles. The second kappa shape index (κ2) is 5.34. The normalized spacial score (nSPS) is 17.2. The van der Waals surface area contributed by atoms with Crippen molar-refractivity contribution in [2.75, 3.05) is 26.4 Å². The SMILES string of the molecule is C=CCc1ccccc1OCC1(CO)COC1. The van der Waals surface area contributed by atoms with Gasteiger partial charge in [-0.3, -0.25) is 0 Å². The summed E-state index contributed by atoms with van der Waals surface area (Å²) in [6, 6.07) is 7.91. The highest BCUT2D eigenvalue weighted by Gasteiger charge is 2.39. The second-order valence-electron chi connectivity index (χ2n) is 4.54. The lowest BCUT2D eigenvalue weighted by atomic mass is 9.88. The first-order chi connectivity index (χ1) is 8.29. The van der Waals surface area contributed by atoms with Gasteiger partial charge in [-0.05, 0) is 18.1 Å². The number of hydrogen-bond donors (Lipinski definition) is 1. The first-order valence-electron chi connectivity index (χ1n) is 5.80. The largest absolute Gasteiger partial charge is 0.492 e. The van der Waals surface area contributed by atoms with Crippen LogP contribution in [-0.2, 0) is 11.2 Å². The van der Waals surface area contributed by atoms with Crippen LogP contribution in [0, 0.1) is 5.41 Å². The fourth-order valence-electron chi connectivity index (χ4n) is 1.81. The molecule has 1 aliphatic rings. The van der Waals surface area contributed by atoms with Gasteiger partial charge in [-0.25, -0.2) is 0 Å². The lowest BCUT2D eigenvalue weighted by Gasteiger charge is -2.39. The van der Waals surface area contributed by atoms with Gasteiger partial charge in [0.05, 0.1) is 25.2 Å². The first kappa shape index (κ1) is 12.1. The zero-order valence-corrected chi connectivity index (χ0v) is 9.89. The minimum Gasteiger partial charge on any atom is -0.492 e. The summed E-state index contributed by atoms with van der Waals surface area (Å²) in [7, 11) is 0. The van der Waals surface area contributed by atoms with Crippen molar-refractivity contribution in [3.8, 4) is 5.75 Å². The summed E-state index contributed by atoms with van der Waals surface area (Å²) in [6.45, 7) is 5.49. The van der Waals surface area contributed by atoms with E-state index < -0.39 is 0 Å². The molecule has 1 N–H and O–H groups in total. The molecule has 1 aliphatic heterocycles. The van der Waals surface area contributed by atoms with Crippen molar-refractivity contribution in [1.29, 1.82) is 0 Å². The molecule has 2 rings (SSSR count). The van der Waals surface area contributed by atoms with Crippen LogP contribution in [0.3, 0.4) is 0 Å². The topological polar surface area (TPSA) is 38.7 Å². The monoisotopic (exact) mass is 234 g/mol. The van der Waals surface area contributed by atoms with E-state index in [1.807, 2.05) is 30.3 Å². The summed E-state index contributed by atoms with van der Waals surface area (Å²) in [5.41, 5.74) is 0.914. The van der Waals surface area contributed by atoms with Crippen molar-refractivity contribution in [3.63, 3.8) is 0 Å². The molecule has 1 saturated heterocycles. The van der Waals surface area contributed by atoms with E-state index in [2.05, 4.69) is 6.58 Å². The molecule has 0 radical (unpaired) electrons. The van der Waals surface area contributed by atoms with Crippen LogP contribution in [0.1, 0.15) is 5.56 Å². The van der Waals surface area contributed by atoms with Gasteiger partial charge in [0.15, 0.2) is 0 Å². The van der Waals surface area contributed by atoms with Crippen LogP contribution in [0.15, 0.2) is 36.9 Å². The molecule has 0 atom stereocenters. The number of hydrogen-bond acceptors (Lipinski definition) is 3. The second-order valence-corrected chi connectivity index (χ2v) is 4.54. The van der Waals surface area contributed by atoms with Gasteiger partial charge < -0.3 is 14.6 Å². The summed E-state index contributed by atoms with van der Waals surface area (Å²) < 4.78 is 10.9. The number of aliphatic hydroxyl groups excluding tert-OH is 1. The molecule has 0 spiro atoms. The molecule has 1 aromatic rings. The summed E-state index contributed by atoms with van der Waals surface area (Å²) >= 11 is 0.